The normalized spacial score (nSPS) is 10.6. The maximum atomic E-state index is 12.3. The van der Waals surface area contributed by atoms with E-state index < -0.39 is 0 Å². The smallest absolute Gasteiger partial charge is 0.261 e. The molecule has 1 N–H and O–H groups in total. The number of aromatic nitrogens is 2. The van der Waals surface area contributed by atoms with Crippen LogP contribution in [0, 0.1) is 0 Å². The van der Waals surface area contributed by atoms with Crippen molar-refractivity contribution in [3.8, 4) is 5.75 Å². The summed E-state index contributed by atoms with van der Waals surface area (Å²) in [5, 5.41) is 3.34. The highest BCUT2D eigenvalue weighted by molar-refractivity contribution is 5.77. The fourth-order valence-electron chi connectivity index (χ4n) is 2.45. The number of hydrogen-bond acceptors (Lipinski definition) is 4. The Hall–Kier alpha value is -3.15. The minimum atomic E-state index is -0.134. The zero-order chi connectivity index (χ0) is 17.5. The number of nitrogens with one attached hydrogen (secondary N) is 1. The van der Waals surface area contributed by atoms with Crippen LogP contribution < -0.4 is 15.6 Å². The van der Waals surface area contributed by atoms with Gasteiger partial charge in [-0.15, -0.1) is 0 Å². The van der Waals surface area contributed by atoms with Gasteiger partial charge in [0, 0.05) is 13.0 Å². The van der Waals surface area contributed by atoms with Crippen LogP contribution in [0.2, 0.25) is 0 Å². The highest BCUT2D eigenvalue weighted by atomic mass is 16.5. The molecule has 2 aromatic carbocycles. The minimum Gasteiger partial charge on any atom is -0.492 e. The van der Waals surface area contributed by atoms with Crippen molar-refractivity contribution >= 4 is 16.8 Å². The molecule has 0 aliphatic heterocycles. The van der Waals surface area contributed by atoms with Gasteiger partial charge in [-0.25, -0.2) is 4.98 Å². The van der Waals surface area contributed by atoms with Gasteiger partial charge in [0.2, 0.25) is 5.91 Å². The minimum absolute atomic E-state index is 0.128. The lowest BCUT2D eigenvalue weighted by molar-refractivity contribution is -0.121. The van der Waals surface area contributed by atoms with Crippen LogP contribution in [0.1, 0.15) is 6.42 Å². The standard InChI is InChI=1S/C19H19N3O3/c23-18(20-11-13-25-15-6-2-1-3-7-15)10-12-22-14-21-17-9-5-4-8-16(17)19(22)24/h1-9,14H,10-13H2,(H,20,23). The van der Waals surface area contributed by atoms with E-state index in [4.69, 9.17) is 4.74 Å². The lowest BCUT2D eigenvalue weighted by atomic mass is 10.2. The Morgan fingerprint density at radius 1 is 1.08 bits per heavy atom. The van der Waals surface area contributed by atoms with E-state index in [1.165, 1.54) is 10.9 Å². The zero-order valence-electron chi connectivity index (χ0n) is 13.7. The van der Waals surface area contributed by atoms with Crippen molar-refractivity contribution in [1.82, 2.24) is 14.9 Å². The summed E-state index contributed by atoms with van der Waals surface area (Å²) < 4.78 is 6.97. The quantitative estimate of drug-likeness (QED) is 0.669. The molecule has 0 spiro atoms. The molecule has 0 radical (unpaired) electrons. The third-order valence-electron chi connectivity index (χ3n) is 3.75. The van der Waals surface area contributed by atoms with Crippen molar-refractivity contribution in [2.24, 2.45) is 0 Å². The van der Waals surface area contributed by atoms with Crippen LogP contribution in [0.5, 0.6) is 5.75 Å². The van der Waals surface area contributed by atoms with Crippen molar-refractivity contribution in [3.05, 3.63) is 71.3 Å². The van der Waals surface area contributed by atoms with Crippen LogP contribution in [0.4, 0.5) is 0 Å². The summed E-state index contributed by atoms with van der Waals surface area (Å²) in [6.07, 6.45) is 1.70. The van der Waals surface area contributed by atoms with Gasteiger partial charge in [-0.3, -0.25) is 14.2 Å². The third kappa shape index (κ3) is 4.44. The second-order valence-corrected chi connectivity index (χ2v) is 5.52. The molecule has 6 heteroatoms. The van der Waals surface area contributed by atoms with Crippen LogP contribution in [0.25, 0.3) is 10.9 Å². The highest BCUT2D eigenvalue weighted by Crippen LogP contribution is 2.07. The number of benzene rings is 2. The van der Waals surface area contributed by atoms with Crippen LogP contribution in [-0.2, 0) is 11.3 Å². The zero-order valence-corrected chi connectivity index (χ0v) is 13.7. The largest absolute Gasteiger partial charge is 0.492 e. The Morgan fingerprint density at radius 3 is 2.68 bits per heavy atom. The predicted octanol–water partition coefficient (Wildman–Crippen LogP) is 1.98. The third-order valence-corrected chi connectivity index (χ3v) is 3.75. The lowest BCUT2D eigenvalue weighted by Gasteiger charge is -2.09. The number of carbonyl (C=O) groups excluding carboxylic acids is 1. The average molecular weight is 337 g/mol. The average Bonchev–Trinajstić information content (AvgIpc) is 2.66. The van der Waals surface area contributed by atoms with Crippen molar-refractivity contribution in [1.29, 1.82) is 0 Å². The van der Waals surface area contributed by atoms with Crippen LogP contribution in [0.15, 0.2) is 65.7 Å². The SMILES string of the molecule is O=C(CCn1cnc2ccccc2c1=O)NCCOc1ccccc1. The van der Waals surface area contributed by atoms with Gasteiger partial charge in [0.25, 0.3) is 5.56 Å². The van der Waals surface area contributed by atoms with Gasteiger partial charge in [-0.1, -0.05) is 30.3 Å². The van der Waals surface area contributed by atoms with E-state index in [2.05, 4.69) is 10.3 Å². The Morgan fingerprint density at radius 2 is 1.84 bits per heavy atom. The monoisotopic (exact) mass is 337 g/mol. The summed E-state index contributed by atoms with van der Waals surface area (Å²) >= 11 is 0. The van der Waals surface area contributed by atoms with E-state index in [0.29, 0.717) is 30.6 Å². The fraction of sp³-hybridized carbons (Fsp3) is 0.211. The summed E-state index contributed by atoms with van der Waals surface area (Å²) in [5.41, 5.74) is 0.525. The summed E-state index contributed by atoms with van der Waals surface area (Å²) in [4.78, 5) is 28.5. The van der Waals surface area contributed by atoms with Crippen LogP contribution in [0.3, 0.4) is 0 Å². The Balaban J connectivity index is 1.46. The molecule has 3 rings (SSSR count). The van der Waals surface area contributed by atoms with E-state index in [-0.39, 0.29) is 17.9 Å². The first-order chi connectivity index (χ1) is 12.2. The molecule has 0 aliphatic rings. The number of aryl methyl sites for hydroxylation is 1. The van der Waals surface area contributed by atoms with Gasteiger partial charge in [0.1, 0.15) is 12.4 Å². The molecule has 0 bridgehead atoms. The summed E-state index contributed by atoms with van der Waals surface area (Å²) in [6, 6.07) is 16.6. The van der Waals surface area contributed by atoms with Crippen LogP contribution >= 0.6 is 0 Å². The molecule has 0 saturated heterocycles. The van der Waals surface area contributed by atoms with Gasteiger partial charge in [0.05, 0.1) is 23.8 Å². The van der Waals surface area contributed by atoms with Gasteiger partial charge < -0.3 is 10.1 Å². The van der Waals surface area contributed by atoms with Crippen LogP contribution in [-0.4, -0.2) is 28.6 Å². The predicted molar refractivity (Wildman–Crippen MR) is 95.6 cm³/mol. The molecule has 1 amide bonds. The van der Waals surface area contributed by atoms with Crippen molar-refractivity contribution in [2.45, 2.75) is 13.0 Å². The molecule has 0 atom stereocenters. The van der Waals surface area contributed by atoms with Gasteiger partial charge in [-0.2, -0.15) is 0 Å². The molecule has 25 heavy (non-hydrogen) atoms. The second-order valence-electron chi connectivity index (χ2n) is 5.52. The highest BCUT2D eigenvalue weighted by Gasteiger charge is 2.06. The molecule has 0 aliphatic carbocycles. The fourth-order valence-corrected chi connectivity index (χ4v) is 2.45. The number of carbonyl (C=O) groups is 1. The molecule has 6 nitrogen and oxygen atoms in total. The molecule has 1 heterocycles. The van der Waals surface area contributed by atoms with E-state index in [1.807, 2.05) is 36.4 Å². The molecular formula is C19H19N3O3. The van der Waals surface area contributed by atoms with E-state index >= 15 is 0 Å². The summed E-state index contributed by atoms with van der Waals surface area (Å²) in [5.74, 6) is 0.641. The number of fused-ring (bicyclic) bond motifs is 1. The first kappa shape index (κ1) is 16.7. The summed E-state index contributed by atoms with van der Waals surface area (Å²) in [7, 11) is 0. The maximum Gasteiger partial charge on any atom is 0.261 e. The molecule has 1 aromatic heterocycles. The van der Waals surface area contributed by atoms with E-state index in [9.17, 15) is 9.59 Å². The molecular weight excluding hydrogens is 318 g/mol. The molecule has 0 unspecified atom stereocenters. The van der Waals surface area contributed by atoms with E-state index in [0.717, 1.165) is 5.75 Å². The number of nitrogens with zero attached hydrogens (tertiary/aromatic N) is 2. The number of ether oxygens (including phenoxy) is 1. The van der Waals surface area contributed by atoms with Crippen molar-refractivity contribution in [3.63, 3.8) is 0 Å². The number of para-hydroxylation sites is 2. The Labute approximate surface area is 145 Å². The van der Waals surface area contributed by atoms with Gasteiger partial charge in [-0.05, 0) is 24.3 Å². The van der Waals surface area contributed by atoms with Gasteiger partial charge >= 0.3 is 0 Å². The number of amides is 1. The van der Waals surface area contributed by atoms with Crippen molar-refractivity contribution < 1.29 is 9.53 Å². The number of rotatable bonds is 7. The van der Waals surface area contributed by atoms with E-state index in [1.54, 1.807) is 18.2 Å². The summed E-state index contributed by atoms with van der Waals surface area (Å²) in [6.45, 7) is 1.11. The lowest BCUT2D eigenvalue weighted by Crippen LogP contribution is -2.30. The maximum absolute atomic E-state index is 12.3. The molecule has 0 fully saturated rings. The first-order valence-corrected chi connectivity index (χ1v) is 8.13. The Bertz CT molecular complexity index is 906. The topological polar surface area (TPSA) is 73.2 Å². The molecule has 128 valence electrons. The van der Waals surface area contributed by atoms with Gasteiger partial charge in [0.15, 0.2) is 0 Å². The second kappa shape index (κ2) is 8.10. The first-order valence-electron chi connectivity index (χ1n) is 8.13. The molecule has 3 aromatic rings. The van der Waals surface area contributed by atoms with Crippen molar-refractivity contribution in [2.75, 3.05) is 13.2 Å². The Kier molecular flexibility index (Phi) is 5.41. The number of hydrogen-bond donors (Lipinski definition) is 1. The molecule has 0 saturated carbocycles.